The van der Waals surface area contributed by atoms with Gasteiger partial charge in [-0.25, -0.2) is 4.31 Å². The van der Waals surface area contributed by atoms with Crippen LogP contribution in [0.5, 0.6) is 0 Å². The molecule has 1 aromatic rings. The third-order valence-electron chi connectivity index (χ3n) is 2.32. The van der Waals surface area contributed by atoms with Crippen LogP contribution in [0.3, 0.4) is 0 Å². The smallest absolute Gasteiger partial charge is 0.269 e. The number of benzene rings is 1. The highest BCUT2D eigenvalue weighted by Gasteiger charge is 2.18. The highest BCUT2D eigenvalue weighted by molar-refractivity contribution is 7.87. The van der Waals surface area contributed by atoms with Crippen molar-refractivity contribution in [1.29, 1.82) is 0 Å². The van der Waals surface area contributed by atoms with Gasteiger partial charge in [0.15, 0.2) is 0 Å². The minimum absolute atomic E-state index is 0.304. The van der Waals surface area contributed by atoms with Gasteiger partial charge >= 0.3 is 10.3 Å². The molecule has 0 aliphatic carbocycles. The Labute approximate surface area is 96.8 Å². The molecule has 0 atom stereocenters. The standard InChI is InChI=1S/C11H17NO3S/c1-3-4-9-12(16(13,14)15)11-7-5-10(2)6-8-11/h5-8H,3-4,9H2,1-2H3,(H,13,14,15). The molecule has 0 amide bonds. The quantitative estimate of drug-likeness (QED) is 0.808. The van der Waals surface area contributed by atoms with Crippen LogP contribution in [0.2, 0.25) is 0 Å². The Balaban J connectivity index is 2.97. The predicted molar refractivity (Wildman–Crippen MR) is 65.0 cm³/mol. The van der Waals surface area contributed by atoms with E-state index in [9.17, 15) is 8.42 Å². The summed E-state index contributed by atoms with van der Waals surface area (Å²) in [5, 5.41) is 0. The molecule has 16 heavy (non-hydrogen) atoms. The molecule has 1 N–H and O–H groups in total. The summed E-state index contributed by atoms with van der Waals surface area (Å²) in [6.45, 7) is 4.20. The van der Waals surface area contributed by atoms with E-state index in [0.29, 0.717) is 18.7 Å². The van der Waals surface area contributed by atoms with E-state index in [1.165, 1.54) is 0 Å². The SMILES string of the molecule is CCCCN(c1ccc(C)cc1)S(=O)(=O)O. The van der Waals surface area contributed by atoms with E-state index in [-0.39, 0.29) is 0 Å². The van der Waals surface area contributed by atoms with Crippen molar-refractivity contribution in [2.75, 3.05) is 10.8 Å². The van der Waals surface area contributed by atoms with Crippen molar-refractivity contribution >= 4 is 16.0 Å². The molecular formula is C11H17NO3S. The summed E-state index contributed by atoms with van der Waals surface area (Å²) in [6, 6.07) is 7.02. The van der Waals surface area contributed by atoms with Crippen LogP contribution in [0.4, 0.5) is 5.69 Å². The fourth-order valence-corrected chi connectivity index (χ4v) is 2.14. The molecule has 90 valence electrons. The van der Waals surface area contributed by atoms with Gasteiger partial charge in [0.2, 0.25) is 0 Å². The Morgan fingerprint density at radius 3 is 2.25 bits per heavy atom. The minimum Gasteiger partial charge on any atom is -0.269 e. The number of hydrogen-bond donors (Lipinski definition) is 1. The molecule has 5 heteroatoms. The Hall–Kier alpha value is -1.07. The highest BCUT2D eigenvalue weighted by atomic mass is 32.2. The van der Waals surface area contributed by atoms with Crippen molar-refractivity contribution in [3.05, 3.63) is 29.8 Å². The topological polar surface area (TPSA) is 57.6 Å². The first-order valence-electron chi connectivity index (χ1n) is 5.27. The molecule has 0 unspecified atom stereocenters. The fraction of sp³-hybridized carbons (Fsp3) is 0.455. The van der Waals surface area contributed by atoms with Gasteiger partial charge in [0.1, 0.15) is 0 Å². The molecule has 4 nitrogen and oxygen atoms in total. The molecular weight excluding hydrogens is 226 g/mol. The van der Waals surface area contributed by atoms with E-state index >= 15 is 0 Å². The first kappa shape index (κ1) is 13.0. The van der Waals surface area contributed by atoms with E-state index in [0.717, 1.165) is 16.3 Å². The molecule has 1 aromatic carbocycles. The second kappa shape index (κ2) is 5.32. The lowest BCUT2D eigenvalue weighted by atomic mass is 10.2. The molecule has 0 aliphatic rings. The highest BCUT2D eigenvalue weighted by Crippen LogP contribution is 2.18. The van der Waals surface area contributed by atoms with Gasteiger partial charge in [0.05, 0.1) is 5.69 Å². The first-order chi connectivity index (χ1) is 7.45. The van der Waals surface area contributed by atoms with Gasteiger partial charge in [0.25, 0.3) is 0 Å². The summed E-state index contributed by atoms with van der Waals surface area (Å²) in [4.78, 5) is 0. The first-order valence-corrected chi connectivity index (χ1v) is 6.66. The molecule has 0 saturated heterocycles. The second-order valence-electron chi connectivity index (χ2n) is 3.74. The number of rotatable bonds is 5. The maximum Gasteiger partial charge on any atom is 0.359 e. The van der Waals surface area contributed by atoms with Crippen molar-refractivity contribution in [3.8, 4) is 0 Å². The lowest BCUT2D eigenvalue weighted by Crippen LogP contribution is -2.31. The molecule has 0 aromatic heterocycles. The van der Waals surface area contributed by atoms with Gasteiger partial charge in [-0.05, 0) is 25.5 Å². The van der Waals surface area contributed by atoms with Crippen molar-refractivity contribution in [1.82, 2.24) is 0 Å². The van der Waals surface area contributed by atoms with E-state index in [2.05, 4.69) is 0 Å². The van der Waals surface area contributed by atoms with Gasteiger partial charge in [0, 0.05) is 6.54 Å². The van der Waals surface area contributed by atoms with Crippen molar-refractivity contribution in [3.63, 3.8) is 0 Å². The lowest BCUT2D eigenvalue weighted by molar-refractivity contribution is 0.477. The average molecular weight is 243 g/mol. The number of nitrogens with zero attached hydrogens (tertiary/aromatic N) is 1. The van der Waals surface area contributed by atoms with Gasteiger partial charge in [-0.15, -0.1) is 0 Å². The predicted octanol–water partition coefficient (Wildman–Crippen LogP) is 2.40. The molecule has 0 spiro atoms. The molecule has 0 radical (unpaired) electrons. The third-order valence-corrected chi connectivity index (χ3v) is 3.27. The Bertz CT molecular complexity index is 425. The summed E-state index contributed by atoms with van der Waals surface area (Å²) in [5.74, 6) is 0. The van der Waals surface area contributed by atoms with E-state index in [4.69, 9.17) is 4.55 Å². The molecule has 0 aliphatic heterocycles. The molecule has 0 bridgehead atoms. The van der Waals surface area contributed by atoms with E-state index < -0.39 is 10.3 Å². The van der Waals surface area contributed by atoms with Crippen LogP contribution in [-0.4, -0.2) is 19.5 Å². The van der Waals surface area contributed by atoms with Gasteiger partial charge < -0.3 is 0 Å². The molecule has 1 rings (SSSR count). The Morgan fingerprint density at radius 2 is 1.81 bits per heavy atom. The summed E-state index contributed by atoms with van der Waals surface area (Å²) in [6.07, 6.45) is 1.59. The monoisotopic (exact) mass is 243 g/mol. The van der Waals surface area contributed by atoms with Gasteiger partial charge in [-0.2, -0.15) is 8.42 Å². The fourth-order valence-electron chi connectivity index (χ4n) is 1.39. The number of hydrogen-bond acceptors (Lipinski definition) is 2. The van der Waals surface area contributed by atoms with Crippen molar-refractivity contribution < 1.29 is 13.0 Å². The molecule has 0 saturated carbocycles. The summed E-state index contributed by atoms with van der Waals surface area (Å²) in [5.41, 5.74) is 1.55. The van der Waals surface area contributed by atoms with Crippen molar-refractivity contribution in [2.24, 2.45) is 0 Å². The van der Waals surface area contributed by atoms with Crippen LogP contribution < -0.4 is 4.31 Å². The summed E-state index contributed by atoms with van der Waals surface area (Å²) in [7, 11) is -4.17. The number of unbranched alkanes of at least 4 members (excludes halogenated alkanes) is 1. The maximum atomic E-state index is 11.2. The lowest BCUT2D eigenvalue weighted by Gasteiger charge is -2.20. The number of aryl methyl sites for hydroxylation is 1. The minimum atomic E-state index is -4.17. The Morgan fingerprint density at radius 1 is 1.25 bits per heavy atom. The summed E-state index contributed by atoms with van der Waals surface area (Å²) >= 11 is 0. The van der Waals surface area contributed by atoms with Gasteiger partial charge in [-0.3, -0.25) is 4.55 Å². The van der Waals surface area contributed by atoms with Gasteiger partial charge in [-0.1, -0.05) is 31.0 Å². The third kappa shape index (κ3) is 3.50. The maximum absolute atomic E-state index is 11.2. The van der Waals surface area contributed by atoms with E-state index in [1.807, 2.05) is 26.0 Å². The van der Waals surface area contributed by atoms with Crippen LogP contribution in [0.25, 0.3) is 0 Å². The largest absolute Gasteiger partial charge is 0.359 e. The molecule has 0 heterocycles. The normalized spacial score (nSPS) is 11.4. The van der Waals surface area contributed by atoms with Crippen LogP contribution in [-0.2, 0) is 10.3 Å². The molecule has 0 fully saturated rings. The second-order valence-corrected chi connectivity index (χ2v) is 5.08. The van der Waals surface area contributed by atoms with Crippen molar-refractivity contribution in [2.45, 2.75) is 26.7 Å². The van der Waals surface area contributed by atoms with Crippen LogP contribution in [0, 0.1) is 6.92 Å². The van der Waals surface area contributed by atoms with Crippen LogP contribution >= 0.6 is 0 Å². The Kier molecular flexibility index (Phi) is 4.32. The van der Waals surface area contributed by atoms with Crippen LogP contribution in [0.15, 0.2) is 24.3 Å². The van der Waals surface area contributed by atoms with E-state index in [1.54, 1.807) is 12.1 Å². The average Bonchev–Trinajstić information content (AvgIpc) is 2.19. The summed E-state index contributed by atoms with van der Waals surface area (Å²) < 4.78 is 32.6. The number of anilines is 1. The van der Waals surface area contributed by atoms with Crippen LogP contribution in [0.1, 0.15) is 25.3 Å². The zero-order valence-corrected chi connectivity index (χ0v) is 10.4. The zero-order valence-electron chi connectivity index (χ0n) is 9.55. The zero-order chi connectivity index (χ0) is 12.2.